The van der Waals surface area contributed by atoms with Crippen molar-refractivity contribution in [2.24, 2.45) is 25.0 Å². The van der Waals surface area contributed by atoms with Crippen LogP contribution in [0.2, 0.25) is 19.1 Å². The number of rotatable bonds is 6. The largest absolute Gasteiger partial charge is 0.427 e. The normalized spacial score (nSPS) is 20.3. The SMILES string of the molecule is CN(C)CCC[Si](C)(C)O[SiH]1n2c3c4ccccc4c2/N=C2N=C(/N=c4/c5ccccc5/c(n41)=N/C1=NC(=C\3)/c3ccccc31)c1ccccc1\2. The van der Waals surface area contributed by atoms with Gasteiger partial charge in [-0.25, -0.2) is 25.0 Å². The Kier molecular flexibility index (Phi) is 6.78. The molecule has 11 heteroatoms. The molecule has 1 atom stereocenters. The van der Waals surface area contributed by atoms with Crippen LogP contribution in [0.1, 0.15) is 34.4 Å². The molecule has 0 radical (unpaired) electrons. The summed E-state index contributed by atoms with van der Waals surface area (Å²) in [6.07, 6.45) is 3.29. The van der Waals surface area contributed by atoms with Crippen molar-refractivity contribution in [1.29, 1.82) is 0 Å². The Labute approximate surface area is 298 Å². The van der Waals surface area contributed by atoms with E-state index in [-0.39, 0.29) is 0 Å². The van der Waals surface area contributed by atoms with Crippen molar-refractivity contribution in [3.05, 3.63) is 136 Å². The minimum Gasteiger partial charge on any atom is -0.427 e. The zero-order chi connectivity index (χ0) is 34.4. The number of amidine groups is 3. The third-order valence-electron chi connectivity index (χ3n) is 10.2. The van der Waals surface area contributed by atoms with Gasteiger partial charge in [0.2, 0.25) is 0 Å². The minimum absolute atomic E-state index is 0.651. The van der Waals surface area contributed by atoms with Crippen molar-refractivity contribution in [3.8, 4) is 0 Å². The Bertz CT molecular complexity index is 2570. The third kappa shape index (κ3) is 4.76. The van der Waals surface area contributed by atoms with Crippen LogP contribution in [0.15, 0.2) is 122 Å². The van der Waals surface area contributed by atoms with Crippen LogP contribution in [0, 0.1) is 0 Å². The van der Waals surface area contributed by atoms with E-state index in [1.165, 1.54) is 0 Å². The standard InChI is InChI=1S/C40H36N8OSi2/c1-46(2)22-13-23-51(3,4)49-50-47-34-24-33-25-14-5-7-16-27(25)35(41-33)43-39-31-20-11-12-21-32(31)40(48(39)50)45-37-29-18-9-8-17-28(29)36(42-37)44-38(47)30-19-10-6-15-26(30)34/h5-12,14-21,24,50H,13,22-23H2,1-4H3/b33-24-,34-24?,43-35?,43-39-,44-36-,44-38?,45-37?,45-40-. The first-order chi connectivity index (χ1) is 24.8. The van der Waals surface area contributed by atoms with Gasteiger partial charge < -0.3 is 13.2 Å². The molecule has 9 nitrogen and oxygen atoms in total. The molecule has 250 valence electrons. The predicted octanol–water partition coefficient (Wildman–Crippen LogP) is 6.25. The second-order valence-electron chi connectivity index (χ2n) is 14.4. The average Bonchev–Trinajstić information content (AvgIpc) is 3.84. The fourth-order valence-electron chi connectivity index (χ4n) is 7.84. The van der Waals surface area contributed by atoms with Gasteiger partial charge >= 0.3 is 9.36 Å². The van der Waals surface area contributed by atoms with Crippen molar-refractivity contribution < 1.29 is 4.12 Å². The summed E-state index contributed by atoms with van der Waals surface area (Å²) in [5.41, 5.74) is 7.56. The summed E-state index contributed by atoms with van der Waals surface area (Å²) in [7, 11) is -0.831. The predicted molar refractivity (Wildman–Crippen MR) is 211 cm³/mol. The summed E-state index contributed by atoms with van der Waals surface area (Å²) in [5.74, 6) is 2.85. The fourth-order valence-corrected chi connectivity index (χ4v) is 14.4. The summed E-state index contributed by atoms with van der Waals surface area (Å²) in [5, 5.41) is 4.17. The van der Waals surface area contributed by atoms with Crippen molar-refractivity contribution in [1.82, 2.24) is 13.4 Å². The highest BCUT2D eigenvalue weighted by atomic mass is 28.4. The van der Waals surface area contributed by atoms with E-state index in [1.54, 1.807) is 0 Å². The van der Waals surface area contributed by atoms with E-state index < -0.39 is 17.7 Å². The molecule has 2 aromatic heterocycles. The van der Waals surface area contributed by atoms with Crippen LogP contribution in [0.4, 0.5) is 5.82 Å². The van der Waals surface area contributed by atoms with Gasteiger partial charge in [0.25, 0.3) is 0 Å². The molecule has 6 aromatic rings. The molecular formula is C40H36N8OSi2. The van der Waals surface area contributed by atoms with Crippen molar-refractivity contribution in [2.75, 3.05) is 20.6 Å². The number of benzene rings is 4. The van der Waals surface area contributed by atoms with E-state index in [1.807, 2.05) is 12.1 Å². The molecule has 6 heterocycles. The van der Waals surface area contributed by atoms with Crippen LogP contribution >= 0.6 is 0 Å². The molecule has 0 saturated heterocycles. The van der Waals surface area contributed by atoms with Gasteiger partial charge in [-0.2, -0.15) is 0 Å². The summed E-state index contributed by atoms with van der Waals surface area (Å²) in [4.78, 5) is 29.1. The van der Waals surface area contributed by atoms with E-state index in [0.717, 1.165) is 91.0 Å². The number of hydrogen-bond acceptors (Lipinski definition) is 7. The molecule has 51 heavy (non-hydrogen) atoms. The maximum absolute atomic E-state index is 7.78. The van der Waals surface area contributed by atoms with Gasteiger partial charge in [0, 0.05) is 49.5 Å². The lowest BCUT2D eigenvalue weighted by molar-refractivity contribution is 0.403. The summed E-state index contributed by atoms with van der Waals surface area (Å²) in [6, 6.07) is 34.8. The van der Waals surface area contributed by atoms with Crippen LogP contribution in [0.25, 0.3) is 33.3 Å². The molecule has 0 amide bonds. The summed E-state index contributed by atoms with van der Waals surface area (Å²) >= 11 is 0. The molecule has 0 fully saturated rings. The first-order valence-corrected chi connectivity index (χ1v) is 22.2. The number of aliphatic imine (C=N–C) groups is 3. The van der Waals surface area contributed by atoms with E-state index in [2.05, 4.69) is 132 Å². The average molecular weight is 701 g/mol. The lowest BCUT2D eigenvalue weighted by Gasteiger charge is -2.32. The number of aromatic nitrogens is 2. The second kappa shape index (κ2) is 11.3. The van der Waals surface area contributed by atoms with Crippen LogP contribution in [-0.4, -0.2) is 69.2 Å². The second-order valence-corrected chi connectivity index (χ2v) is 21.1. The molecule has 4 aliphatic rings. The highest BCUT2D eigenvalue weighted by Crippen LogP contribution is 2.40. The van der Waals surface area contributed by atoms with Gasteiger partial charge in [0.15, 0.2) is 25.8 Å². The Morgan fingerprint density at radius 3 is 1.78 bits per heavy atom. The highest BCUT2D eigenvalue weighted by molar-refractivity contribution is 6.78. The topological polar surface area (TPSA) is 84.1 Å². The molecule has 0 spiro atoms. The molecule has 6 bridgehead atoms. The molecule has 4 aliphatic heterocycles. The minimum atomic E-state index is -2.80. The quantitative estimate of drug-likeness (QED) is 0.193. The van der Waals surface area contributed by atoms with Gasteiger partial charge in [-0.1, -0.05) is 97.1 Å². The van der Waals surface area contributed by atoms with Crippen LogP contribution < -0.4 is 11.0 Å². The van der Waals surface area contributed by atoms with Crippen LogP contribution in [-0.2, 0) is 4.12 Å². The fraction of sp³-hybridized carbons (Fsp3) is 0.175. The molecular weight excluding hydrogens is 665 g/mol. The van der Waals surface area contributed by atoms with Crippen molar-refractivity contribution in [3.63, 3.8) is 0 Å². The monoisotopic (exact) mass is 700 g/mol. The smallest absolute Gasteiger partial charge is 0.405 e. The zero-order valence-electron chi connectivity index (χ0n) is 29.0. The molecule has 0 saturated carbocycles. The first kappa shape index (κ1) is 30.5. The first-order valence-electron chi connectivity index (χ1n) is 17.5. The zero-order valence-corrected chi connectivity index (χ0v) is 31.2. The molecule has 0 N–H and O–H groups in total. The Balaban J connectivity index is 1.41. The number of fused-ring (bicyclic) bond motifs is 14. The van der Waals surface area contributed by atoms with Crippen LogP contribution in [0.5, 0.6) is 0 Å². The van der Waals surface area contributed by atoms with Gasteiger partial charge in [-0.15, -0.1) is 0 Å². The lowest BCUT2D eigenvalue weighted by atomic mass is 10.1. The van der Waals surface area contributed by atoms with Gasteiger partial charge in [0.1, 0.15) is 16.8 Å². The van der Waals surface area contributed by atoms with E-state index >= 15 is 0 Å². The Morgan fingerprint density at radius 2 is 1.14 bits per heavy atom. The summed E-state index contributed by atoms with van der Waals surface area (Å²) < 4.78 is 12.5. The van der Waals surface area contributed by atoms with Gasteiger partial charge in [-0.3, -0.25) is 4.23 Å². The van der Waals surface area contributed by atoms with Crippen LogP contribution in [0.3, 0.4) is 0 Å². The Morgan fingerprint density at radius 1 is 0.608 bits per heavy atom. The molecule has 1 unspecified atom stereocenters. The van der Waals surface area contributed by atoms with Gasteiger partial charge in [0.05, 0.1) is 5.70 Å². The molecule has 0 aliphatic carbocycles. The summed E-state index contributed by atoms with van der Waals surface area (Å²) in [6.45, 7) is 5.73. The maximum Gasteiger partial charge on any atom is 0.405 e. The van der Waals surface area contributed by atoms with E-state index in [4.69, 9.17) is 29.1 Å². The number of nitrogens with zero attached hydrogens (tertiary/aromatic N) is 8. The van der Waals surface area contributed by atoms with Crippen molar-refractivity contribution >= 4 is 74.3 Å². The lowest BCUT2D eigenvalue weighted by Crippen LogP contribution is -2.54. The van der Waals surface area contributed by atoms with E-state index in [9.17, 15) is 0 Å². The third-order valence-corrected chi connectivity index (χ3v) is 17.1. The molecule has 4 aromatic carbocycles. The molecule has 10 rings (SSSR count). The van der Waals surface area contributed by atoms with Crippen molar-refractivity contribution in [2.45, 2.75) is 25.6 Å². The maximum atomic E-state index is 7.78. The Hall–Kier alpha value is -5.34. The number of hydrogen-bond donors (Lipinski definition) is 0. The van der Waals surface area contributed by atoms with Gasteiger partial charge in [-0.05, 0) is 52.3 Å². The highest BCUT2D eigenvalue weighted by Gasteiger charge is 2.38. The van der Waals surface area contributed by atoms with E-state index in [0.29, 0.717) is 17.5 Å².